The van der Waals surface area contributed by atoms with E-state index in [1.54, 1.807) is 30.3 Å². The highest BCUT2D eigenvalue weighted by Gasteiger charge is 2.40. The number of benzene rings is 2. The average molecular weight is 477 g/mol. The number of nitrogens with two attached hydrogens (primary N) is 1. The van der Waals surface area contributed by atoms with E-state index in [0.717, 1.165) is 5.69 Å². The molecule has 0 spiro atoms. The molecule has 2 aliphatic rings. The largest absolute Gasteiger partial charge is 0.459 e. The summed E-state index contributed by atoms with van der Waals surface area (Å²) in [6, 6.07) is 12.4. The van der Waals surface area contributed by atoms with Gasteiger partial charge in [0.25, 0.3) is 5.91 Å². The van der Waals surface area contributed by atoms with E-state index in [0.29, 0.717) is 60.6 Å². The molecular weight excluding hydrogens is 451 g/mol. The molecule has 9 heteroatoms. The SMILES string of the molecule is CC(=O)OC1CN(c2ccc(Cl)cc2N)CC1N1CCN(C(=O)c2ccc(Cl)cc2)CC1. The zero-order chi connectivity index (χ0) is 22.8. The average Bonchev–Trinajstić information content (AvgIpc) is 3.16. The fourth-order valence-electron chi connectivity index (χ4n) is 4.48. The smallest absolute Gasteiger partial charge is 0.303 e. The van der Waals surface area contributed by atoms with Gasteiger partial charge in [0.15, 0.2) is 0 Å². The Kier molecular flexibility index (Phi) is 6.79. The van der Waals surface area contributed by atoms with E-state index in [4.69, 9.17) is 33.7 Å². The Morgan fingerprint density at radius 1 is 0.969 bits per heavy atom. The van der Waals surface area contributed by atoms with Crippen LogP contribution >= 0.6 is 23.2 Å². The molecule has 0 aromatic heterocycles. The number of carbonyl (C=O) groups excluding carboxylic acids is 2. The molecule has 4 rings (SSSR count). The molecule has 2 atom stereocenters. The number of nitrogens with zero attached hydrogens (tertiary/aromatic N) is 3. The second-order valence-corrected chi connectivity index (χ2v) is 9.03. The van der Waals surface area contributed by atoms with Crippen LogP contribution in [0.5, 0.6) is 0 Å². The minimum Gasteiger partial charge on any atom is -0.459 e. The molecule has 7 nitrogen and oxygen atoms in total. The first-order valence-electron chi connectivity index (χ1n) is 10.6. The number of rotatable bonds is 4. The Bertz CT molecular complexity index is 993. The molecule has 2 aliphatic heterocycles. The van der Waals surface area contributed by atoms with E-state index in [9.17, 15) is 9.59 Å². The maximum atomic E-state index is 12.8. The molecule has 2 heterocycles. The molecule has 170 valence electrons. The number of piperazine rings is 1. The molecule has 2 aromatic carbocycles. The molecule has 32 heavy (non-hydrogen) atoms. The topological polar surface area (TPSA) is 79.1 Å². The van der Waals surface area contributed by atoms with E-state index in [1.807, 2.05) is 17.0 Å². The van der Waals surface area contributed by atoms with Crippen LogP contribution in [0.2, 0.25) is 10.0 Å². The summed E-state index contributed by atoms with van der Waals surface area (Å²) < 4.78 is 5.66. The van der Waals surface area contributed by atoms with Gasteiger partial charge in [0.1, 0.15) is 6.10 Å². The van der Waals surface area contributed by atoms with Crippen molar-refractivity contribution < 1.29 is 14.3 Å². The maximum Gasteiger partial charge on any atom is 0.303 e. The summed E-state index contributed by atoms with van der Waals surface area (Å²) in [5, 5.41) is 1.19. The van der Waals surface area contributed by atoms with Gasteiger partial charge in [-0.1, -0.05) is 23.2 Å². The lowest BCUT2D eigenvalue weighted by Crippen LogP contribution is -2.55. The second-order valence-electron chi connectivity index (χ2n) is 8.16. The van der Waals surface area contributed by atoms with Crippen LogP contribution in [0, 0.1) is 0 Å². The zero-order valence-electron chi connectivity index (χ0n) is 17.8. The van der Waals surface area contributed by atoms with Gasteiger partial charge >= 0.3 is 5.97 Å². The summed E-state index contributed by atoms with van der Waals surface area (Å²) >= 11 is 12.0. The van der Waals surface area contributed by atoms with Crippen molar-refractivity contribution in [1.82, 2.24) is 9.80 Å². The highest BCUT2D eigenvalue weighted by atomic mass is 35.5. The number of hydrogen-bond donors (Lipinski definition) is 1. The predicted molar refractivity (Wildman–Crippen MR) is 126 cm³/mol. The lowest BCUT2D eigenvalue weighted by molar-refractivity contribution is -0.148. The fraction of sp³-hybridized carbons (Fsp3) is 0.391. The molecule has 2 aromatic rings. The minimum absolute atomic E-state index is 0.000149. The third-order valence-electron chi connectivity index (χ3n) is 6.05. The molecule has 2 N–H and O–H groups in total. The lowest BCUT2D eigenvalue weighted by atomic mass is 10.1. The van der Waals surface area contributed by atoms with Crippen LogP contribution in [0.3, 0.4) is 0 Å². The minimum atomic E-state index is -0.303. The molecule has 0 bridgehead atoms. The van der Waals surface area contributed by atoms with Crippen molar-refractivity contribution in [2.75, 3.05) is 49.9 Å². The van der Waals surface area contributed by atoms with Gasteiger partial charge in [-0.15, -0.1) is 0 Å². The van der Waals surface area contributed by atoms with Crippen molar-refractivity contribution in [3.05, 3.63) is 58.1 Å². The van der Waals surface area contributed by atoms with Crippen LogP contribution in [-0.4, -0.2) is 73.1 Å². The highest BCUT2D eigenvalue weighted by Crippen LogP contribution is 2.32. The Balaban J connectivity index is 1.44. The van der Waals surface area contributed by atoms with Crippen LogP contribution in [0.4, 0.5) is 11.4 Å². The van der Waals surface area contributed by atoms with E-state index >= 15 is 0 Å². The molecule has 1 amide bonds. The van der Waals surface area contributed by atoms with Crippen molar-refractivity contribution >= 4 is 46.5 Å². The first-order chi connectivity index (χ1) is 15.3. The van der Waals surface area contributed by atoms with Crippen molar-refractivity contribution in [2.45, 2.75) is 19.1 Å². The normalized spacial score (nSPS) is 21.6. The Labute approximate surface area is 197 Å². The predicted octanol–water partition coefficient (Wildman–Crippen LogP) is 3.15. The molecule has 0 aliphatic carbocycles. The fourth-order valence-corrected chi connectivity index (χ4v) is 4.78. The van der Waals surface area contributed by atoms with Crippen molar-refractivity contribution in [3.63, 3.8) is 0 Å². The number of amides is 1. The van der Waals surface area contributed by atoms with E-state index in [-0.39, 0.29) is 24.0 Å². The number of carbonyl (C=O) groups is 2. The van der Waals surface area contributed by atoms with Gasteiger partial charge in [-0.3, -0.25) is 14.5 Å². The summed E-state index contributed by atoms with van der Waals surface area (Å²) in [4.78, 5) is 30.8. The third-order valence-corrected chi connectivity index (χ3v) is 6.53. The second kappa shape index (κ2) is 9.57. The van der Waals surface area contributed by atoms with Crippen molar-refractivity contribution in [1.29, 1.82) is 0 Å². The molecule has 2 unspecified atom stereocenters. The van der Waals surface area contributed by atoms with E-state index < -0.39 is 0 Å². The van der Waals surface area contributed by atoms with Crippen LogP contribution < -0.4 is 10.6 Å². The summed E-state index contributed by atoms with van der Waals surface area (Å²) in [5.74, 6) is -0.303. The van der Waals surface area contributed by atoms with Gasteiger partial charge in [-0.2, -0.15) is 0 Å². The summed E-state index contributed by atoms with van der Waals surface area (Å²) in [5.41, 5.74) is 8.29. The summed E-state index contributed by atoms with van der Waals surface area (Å²) in [7, 11) is 0. The molecule has 2 saturated heterocycles. The monoisotopic (exact) mass is 476 g/mol. The standard InChI is InChI=1S/C23H26Cl2N4O3/c1-15(30)32-22-14-29(20-7-6-18(25)12-19(20)26)13-21(22)27-8-10-28(11-9-27)23(31)16-2-4-17(24)5-3-16/h2-7,12,21-22H,8-11,13-14,26H2,1H3. The number of anilines is 2. The Morgan fingerprint density at radius 3 is 2.25 bits per heavy atom. The van der Waals surface area contributed by atoms with Crippen LogP contribution in [0.1, 0.15) is 17.3 Å². The van der Waals surface area contributed by atoms with Crippen molar-refractivity contribution in [2.24, 2.45) is 0 Å². The van der Waals surface area contributed by atoms with Gasteiger partial charge in [-0.05, 0) is 42.5 Å². The lowest BCUT2D eigenvalue weighted by Gasteiger charge is -2.39. The number of ether oxygens (including phenoxy) is 1. The molecular formula is C23H26Cl2N4O3. The van der Waals surface area contributed by atoms with E-state index in [1.165, 1.54) is 6.92 Å². The first-order valence-corrected chi connectivity index (χ1v) is 11.3. The van der Waals surface area contributed by atoms with Gasteiger partial charge in [0.05, 0.1) is 24.0 Å². The molecule has 0 radical (unpaired) electrons. The van der Waals surface area contributed by atoms with Crippen LogP contribution in [0.25, 0.3) is 0 Å². The number of halogens is 2. The zero-order valence-corrected chi connectivity index (χ0v) is 19.4. The van der Waals surface area contributed by atoms with Gasteiger partial charge in [-0.25, -0.2) is 0 Å². The maximum absolute atomic E-state index is 12.8. The number of nitrogen functional groups attached to an aromatic ring is 1. The molecule has 2 fully saturated rings. The van der Waals surface area contributed by atoms with Crippen molar-refractivity contribution in [3.8, 4) is 0 Å². The summed E-state index contributed by atoms with van der Waals surface area (Å²) in [6.07, 6.45) is -0.277. The quantitative estimate of drug-likeness (QED) is 0.539. The first kappa shape index (κ1) is 22.7. The van der Waals surface area contributed by atoms with E-state index in [2.05, 4.69) is 9.80 Å². The van der Waals surface area contributed by atoms with Gasteiger partial charge < -0.3 is 20.3 Å². The van der Waals surface area contributed by atoms with Gasteiger partial charge in [0.2, 0.25) is 0 Å². The number of esters is 1. The van der Waals surface area contributed by atoms with Crippen LogP contribution in [-0.2, 0) is 9.53 Å². The third kappa shape index (κ3) is 4.95. The number of hydrogen-bond acceptors (Lipinski definition) is 6. The Morgan fingerprint density at radius 2 is 1.62 bits per heavy atom. The summed E-state index contributed by atoms with van der Waals surface area (Å²) in [6.45, 7) is 5.27. The molecule has 0 saturated carbocycles. The Hall–Kier alpha value is -2.48. The van der Waals surface area contributed by atoms with Crippen LogP contribution in [0.15, 0.2) is 42.5 Å². The highest BCUT2D eigenvalue weighted by molar-refractivity contribution is 6.31. The van der Waals surface area contributed by atoms with Gasteiger partial charge in [0, 0.05) is 55.3 Å².